The second-order valence-electron chi connectivity index (χ2n) is 10.2. The van der Waals surface area contributed by atoms with Crippen LogP contribution in [0.15, 0.2) is 60.8 Å². The Kier molecular flexibility index (Phi) is 7.21. The Bertz CT molecular complexity index is 1260. The van der Waals surface area contributed by atoms with Gasteiger partial charge in [-0.3, -0.25) is 4.79 Å². The molecule has 5 nitrogen and oxygen atoms in total. The van der Waals surface area contributed by atoms with Crippen molar-refractivity contribution in [2.24, 2.45) is 5.41 Å². The quantitative estimate of drug-likeness (QED) is 0.341. The molecular weight excluding hydrogens is 465 g/mol. The van der Waals surface area contributed by atoms with Gasteiger partial charge < -0.3 is 5.32 Å². The van der Waals surface area contributed by atoms with Crippen molar-refractivity contribution in [1.29, 1.82) is 5.26 Å². The van der Waals surface area contributed by atoms with Crippen molar-refractivity contribution in [2.45, 2.75) is 64.2 Å². The summed E-state index contributed by atoms with van der Waals surface area (Å²) in [6, 6.07) is 16.2. The minimum atomic E-state index is -4.49. The fraction of sp³-hybridized carbons (Fsp3) is 0.393. The first-order chi connectivity index (χ1) is 17.1. The number of hydrogen-bond acceptors (Lipinski definition) is 4. The van der Waals surface area contributed by atoms with Crippen molar-refractivity contribution in [3.8, 4) is 6.07 Å². The molecule has 1 aromatic heterocycles. The van der Waals surface area contributed by atoms with E-state index in [0.717, 1.165) is 28.7 Å². The number of nitrogens with zero attached hydrogens (tertiary/aromatic N) is 3. The topological polar surface area (TPSA) is 70.7 Å². The number of nitriles is 1. The van der Waals surface area contributed by atoms with E-state index in [2.05, 4.69) is 30.3 Å². The predicted octanol–water partition coefficient (Wildman–Crippen LogP) is 7.04. The lowest BCUT2D eigenvalue weighted by Crippen LogP contribution is -2.36. The number of Topliss-reactive ketones (excluding diaryl/α,β-unsaturated/α-hetero) is 1. The molecule has 0 fully saturated rings. The van der Waals surface area contributed by atoms with Crippen LogP contribution >= 0.6 is 0 Å². The van der Waals surface area contributed by atoms with Gasteiger partial charge in [-0.1, -0.05) is 56.3 Å². The maximum absolute atomic E-state index is 13.9. The number of aromatic nitrogens is 2. The fourth-order valence-corrected chi connectivity index (χ4v) is 4.66. The third kappa shape index (κ3) is 5.78. The Hall–Kier alpha value is -3.60. The molecule has 36 heavy (non-hydrogen) atoms. The molecule has 0 amide bonds. The summed E-state index contributed by atoms with van der Waals surface area (Å²) < 4.78 is 42.6. The van der Waals surface area contributed by atoms with Crippen LogP contribution in [0.5, 0.6) is 0 Å². The Morgan fingerprint density at radius 2 is 1.89 bits per heavy atom. The molecule has 2 atom stereocenters. The summed E-state index contributed by atoms with van der Waals surface area (Å²) in [5, 5.41) is 16.2. The standard InChI is InChI=1S/C28H29F3N4O/c1-27(2,13-11-19-7-6-8-20(15-19)17-32)14-12-24(36)22-18-33-35-25(28(29,30)31)16-23(34-26(22)35)21-9-4-3-5-10-21/h3-10,15,18,23,25,34H,11-14,16H2,1-2H3/t23-,25+/m1/s1. The summed E-state index contributed by atoms with van der Waals surface area (Å²) in [5.74, 6) is -0.0912. The molecule has 8 heteroatoms. The van der Waals surface area contributed by atoms with Gasteiger partial charge in [0.25, 0.3) is 0 Å². The summed E-state index contributed by atoms with van der Waals surface area (Å²) in [7, 11) is 0. The Morgan fingerprint density at radius 1 is 1.14 bits per heavy atom. The van der Waals surface area contributed by atoms with E-state index in [4.69, 9.17) is 5.26 Å². The highest BCUT2D eigenvalue weighted by Gasteiger charge is 2.47. The van der Waals surface area contributed by atoms with Crippen LogP contribution in [0.2, 0.25) is 0 Å². The molecule has 0 aliphatic carbocycles. The van der Waals surface area contributed by atoms with Crippen LogP contribution in [-0.2, 0) is 6.42 Å². The van der Waals surface area contributed by atoms with Gasteiger partial charge >= 0.3 is 6.18 Å². The highest BCUT2D eigenvalue weighted by molar-refractivity contribution is 6.00. The van der Waals surface area contributed by atoms with Crippen molar-refractivity contribution in [3.05, 3.63) is 83.0 Å². The van der Waals surface area contributed by atoms with Gasteiger partial charge in [0.1, 0.15) is 5.82 Å². The largest absolute Gasteiger partial charge is 0.410 e. The van der Waals surface area contributed by atoms with Crippen molar-refractivity contribution in [1.82, 2.24) is 9.78 Å². The van der Waals surface area contributed by atoms with Crippen LogP contribution < -0.4 is 5.32 Å². The molecule has 4 rings (SSSR count). The van der Waals surface area contributed by atoms with Crippen LogP contribution in [0, 0.1) is 16.7 Å². The predicted molar refractivity (Wildman–Crippen MR) is 132 cm³/mol. The summed E-state index contributed by atoms with van der Waals surface area (Å²) in [6.45, 7) is 4.15. The SMILES string of the molecule is CC(C)(CCC(=O)c1cnn2c1N[C@@H](c1ccccc1)C[C@H]2C(F)(F)F)CCc1cccc(C#N)c1. The highest BCUT2D eigenvalue weighted by atomic mass is 19.4. The number of fused-ring (bicyclic) bond motifs is 1. The number of halogens is 3. The number of carbonyl (C=O) groups excluding carboxylic acids is 1. The van der Waals surface area contributed by atoms with Crippen LogP contribution in [0.25, 0.3) is 0 Å². The molecule has 1 N–H and O–H groups in total. The van der Waals surface area contributed by atoms with Crippen molar-refractivity contribution >= 4 is 11.6 Å². The Labute approximate surface area is 208 Å². The molecule has 2 heterocycles. The highest BCUT2D eigenvalue weighted by Crippen LogP contribution is 2.44. The Morgan fingerprint density at radius 3 is 2.58 bits per heavy atom. The maximum atomic E-state index is 13.9. The fourth-order valence-electron chi connectivity index (χ4n) is 4.66. The van der Waals surface area contributed by atoms with Crippen LogP contribution in [0.1, 0.15) is 78.7 Å². The molecule has 2 aromatic carbocycles. The van der Waals surface area contributed by atoms with Gasteiger partial charge in [0, 0.05) is 12.8 Å². The Balaban J connectivity index is 1.47. The van der Waals surface area contributed by atoms with E-state index in [1.54, 1.807) is 30.3 Å². The van der Waals surface area contributed by atoms with Gasteiger partial charge in [0.2, 0.25) is 0 Å². The third-order valence-corrected chi connectivity index (χ3v) is 6.92. The molecule has 1 aliphatic heterocycles. The van der Waals surface area contributed by atoms with Crippen molar-refractivity contribution in [2.75, 3.05) is 5.32 Å². The van der Waals surface area contributed by atoms with E-state index < -0.39 is 18.3 Å². The number of rotatable bonds is 8. The molecule has 0 radical (unpaired) electrons. The lowest BCUT2D eigenvalue weighted by Gasteiger charge is -2.34. The van der Waals surface area contributed by atoms with E-state index in [-0.39, 0.29) is 35.4 Å². The molecule has 0 unspecified atom stereocenters. The number of ketones is 1. The smallest absolute Gasteiger partial charge is 0.363 e. The molecule has 0 saturated heterocycles. The lowest BCUT2D eigenvalue weighted by molar-refractivity contribution is -0.173. The number of carbonyl (C=O) groups is 1. The minimum Gasteiger partial charge on any atom is -0.363 e. The molecule has 1 aliphatic rings. The van der Waals surface area contributed by atoms with E-state index >= 15 is 0 Å². The first-order valence-electron chi connectivity index (χ1n) is 12.1. The average Bonchev–Trinajstić information content (AvgIpc) is 3.30. The normalized spacial score (nSPS) is 17.7. The summed E-state index contributed by atoms with van der Waals surface area (Å²) in [4.78, 5) is 13.2. The van der Waals surface area contributed by atoms with Crippen LogP contribution in [0.4, 0.5) is 19.0 Å². The zero-order valence-corrected chi connectivity index (χ0v) is 20.3. The third-order valence-electron chi connectivity index (χ3n) is 6.92. The molecule has 0 bridgehead atoms. The van der Waals surface area contributed by atoms with Gasteiger partial charge in [0.05, 0.1) is 29.4 Å². The number of benzene rings is 2. The van der Waals surface area contributed by atoms with Gasteiger partial charge in [-0.05, 0) is 47.9 Å². The van der Waals surface area contributed by atoms with Crippen molar-refractivity contribution < 1.29 is 18.0 Å². The molecule has 3 aromatic rings. The van der Waals surface area contributed by atoms with E-state index in [1.807, 2.05) is 24.3 Å². The van der Waals surface area contributed by atoms with Crippen LogP contribution in [-0.4, -0.2) is 21.7 Å². The van der Waals surface area contributed by atoms with E-state index in [9.17, 15) is 18.0 Å². The first-order valence-corrected chi connectivity index (χ1v) is 12.1. The first kappa shape index (κ1) is 25.5. The molecule has 0 spiro atoms. The monoisotopic (exact) mass is 494 g/mol. The van der Waals surface area contributed by atoms with Gasteiger partial charge in [-0.15, -0.1) is 0 Å². The molecular formula is C28H29F3N4O. The van der Waals surface area contributed by atoms with E-state index in [1.165, 1.54) is 6.20 Å². The van der Waals surface area contributed by atoms with Gasteiger partial charge in [-0.2, -0.15) is 23.5 Å². The number of hydrogen-bond donors (Lipinski definition) is 1. The number of aryl methyl sites for hydroxylation is 1. The van der Waals surface area contributed by atoms with Gasteiger partial charge in [0.15, 0.2) is 11.8 Å². The summed E-state index contributed by atoms with van der Waals surface area (Å²) in [6.07, 6.45) is -1.05. The average molecular weight is 495 g/mol. The molecule has 0 saturated carbocycles. The van der Waals surface area contributed by atoms with E-state index in [0.29, 0.717) is 12.0 Å². The summed E-state index contributed by atoms with van der Waals surface area (Å²) in [5.41, 5.74) is 2.44. The maximum Gasteiger partial charge on any atom is 0.410 e. The van der Waals surface area contributed by atoms with Gasteiger partial charge in [-0.25, -0.2) is 4.68 Å². The summed E-state index contributed by atoms with van der Waals surface area (Å²) >= 11 is 0. The van der Waals surface area contributed by atoms with Crippen molar-refractivity contribution in [3.63, 3.8) is 0 Å². The second kappa shape index (κ2) is 10.2. The number of alkyl halides is 3. The van der Waals surface area contributed by atoms with Crippen LogP contribution in [0.3, 0.4) is 0 Å². The number of anilines is 1. The number of nitrogens with one attached hydrogen (secondary N) is 1. The molecule has 188 valence electrons. The second-order valence-corrected chi connectivity index (χ2v) is 10.2. The lowest BCUT2D eigenvalue weighted by atomic mass is 9.81. The minimum absolute atomic E-state index is 0.133. The zero-order chi connectivity index (χ0) is 25.9. The zero-order valence-electron chi connectivity index (χ0n) is 20.3.